The van der Waals surface area contributed by atoms with Crippen LogP contribution in [-0.4, -0.2) is 52.8 Å². The monoisotopic (exact) mass is 516 g/mol. The summed E-state index contributed by atoms with van der Waals surface area (Å²) < 4.78 is 8.03. The van der Waals surface area contributed by atoms with Crippen LogP contribution >= 0.6 is 11.6 Å². The molecule has 0 aromatic carbocycles. The lowest BCUT2D eigenvalue weighted by molar-refractivity contribution is -0.158. The van der Waals surface area contributed by atoms with Crippen molar-refractivity contribution in [1.29, 1.82) is 0 Å². The molecule has 0 aliphatic heterocycles. The van der Waals surface area contributed by atoms with Gasteiger partial charge in [0.15, 0.2) is 0 Å². The highest BCUT2D eigenvalue weighted by Gasteiger charge is 2.28. The van der Waals surface area contributed by atoms with Crippen LogP contribution in [0.1, 0.15) is 59.4 Å². The maximum atomic E-state index is 13.2. The number of nitrogens with zero attached hydrogens (tertiary/aromatic N) is 5. The van der Waals surface area contributed by atoms with Gasteiger partial charge in [-0.15, -0.1) is 0 Å². The van der Waals surface area contributed by atoms with Gasteiger partial charge in [-0.3, -0.25) is 14.2 Å². The van der Waals surface area contributed by atoms with E-state index in [0.717, 1.165) is 12.8 Å². The highest BCUT2D eigenvalue weighted by atomic mass is 35.5. The van der Waals surface area contributed by atoms with E-state index in [1.54, 1.807) is 40.0 Å². The highest BCUT2D eigenvalue weighted by molar-refractivity contribution is 6.32. The fourth-order valence-corrected chi connectivity index (χ4v) is 4.48. The van der Waals surface area contributed by atoms with E-state index in [-0.39, 0.29) is 16.6 Å². The van der Waals surface area contributed by atoms with E-state index in [1.165, 1.54) is 21.6 Å². The molecule has 3 aromatic heterocycles. The number of fused-ring (bicyclic) bond motifs is 1. The second kappa shape index (κ2) is 9.88. The number of carboxylic acid groups (broad SMARTS) is 1. The minimum Gasteiger partial charge on any atom is -0.481 e. The summed E-state index contributed by atoms with van der Waals surface area (Å²) in [6.45, 7) is 6.86. The van der Waals surface area contributed by atoms with Crippen LogP contribution in [0.5, 0.6) is 0 Å². The standard InChI is InChI=1S/C24H29ClN6O5/c1-13(22(35)36-24(2,3)4)30-12-27-31-11-15(9-18(31)20(30)32)19-17(25)10-26-23(29-19)28-16-7-5-6-14(8-16)21(33)34/h9-14,16H,5-8H2,1-4H3,(H,33,34)(H,26,28,29)/t13?,14-,16+/m1/s1. The second-order valence-corrected chi connectivity index (χ2v) is 10.5. The van der Waals surface area contributed by atoms with E-state index < -0.39 is 35.1 Å². The molecular formula is C24H29ClN6O5. The topological polar surface area (TPSA) is 141 Å². The molecule has 192 valence electrons. The number of halogens is 1. The molecule has 0 saturated heterocycles. The van der Waals surface area contributed by atoms with Crippen LogP contribution in [-0.2, 0) is 14.3 Å². The fraction of sp³-hybridized carbons (Fsp3) is 0.500. The van der Waals surface area contributed by atoms with Gasteiger partial charge in [-0.05, 0) is 53.0 Å². The Morgan fingerprint density at radius 2 is 2.06 bits per heavy atom. The number of carbonyl (C=O) groups is 2. The van der Waals surface area contributed by atoms with Crippen LogP contribution in [0.25, 0.3) is 16.8 Å². The Labute approximate surface area is 212 Å². The van der Waals surface area contributed by atoms with Gasteiger partial charge in [-0.2, -0.15) is 5.10 Å². The van der Waals surface area contributed by atoms with E-state index in [4.69, 9.17) is 16.3 Å². The van der Waals surface area contributed by atoms with E-state index in [1.807, 2.05) is 0 Å². The highest BCUT2D eigenvalue weighted by Crippen LogP contribution is 2.30. The van der Waals surface area contributed by atoms with Crippen molar-refractivity contribution < 1.29 is 19.4 Å². The van der Waals surface area contributed by atoms with E-state index in [9.17, 15) is 19.5 Å². The van der Waals surface area contributed by atoms with Crippen LogP contribution in [0.2, 0.25) is 5.02 Å². The van der Waals surface area contributed by atoms with Crippen molar-refractivity contribution >= 4 is 35.0 Å². The van der Waals surface area contributed by atoms with Crippen molar-refractivity contribution in [2.24, 2.45) is 5.92 Å². The molecule has 3 aromatic rings. The Morgan fingerprint density at radius 3 is 2.75 bits per heavy atom. The van der Waals surface area contributed by atoms with Crippen molar-refractivity contribution in [2.75, 3.05) is 5.32 Å². The van der Waals surface area contributed by atoms with Crippen molar-refractivity contribution in [3.8, 4) is 11.3 Å². The zero-order valence-corrected chi connectivity index (χ0v) is 21.3. The molecule has 1 aliphatic carbocycles. The molecule has 1 saturated carbocycles. The summed E-state index contributed by atoms with van der Waals surface area (Å²) in [5.74, 6) is -1.40. The molecule has 3 heterocycles. The van der Waals surface area contributed by atoms with Crippen LogP contribution in [0.15, 0.2) is 29.6 Å². The first-order valence-corrected chi connectivity index (χ1v) is 12.2. The van der Waals surface area contributed by atoms with Gasteiger partial charge in [0.05, 0.1) is 22.8 Å². The predicted molar refractivity (Wildman–Crippen MR) is 133 cm³/mol. The molecule has 1 unspecified atom stereocenters. The maximum Gasteiger partial charge on any atom is 0.329 e. The molecule has 0 bridgehead atoms. The first-order chi connectivity index (χ1) is 16.9. The Bertz CT molecular complexity index is 1360. The summed E-state index contributed by atoms with van der Waals surface area (Å²) in [4.78, 5) is 45.8. The van der Waals surface area contributed by atoms with Crippen LogP contribution in [0.4, 0.5) is 5.95 Å². The number of ether oxygens (including phenoxy) is 1. The first kappa shape index (κ1) is 25.6. The lowest BCUT2D eigenvalue weighted by atomic mass is 9.86. The average molecular weight is 517 g/mol. The smallest absolute Gasteiger partial charge is 0.329 e. The summed E-state index contributed by atoms with van der Waals surface area (Å²) in [6.07, 6.45) is 7.16. The summed E-state index contributed by atoms with van der Waals surface area (Å²) in [6, 6.07) is 0.675. The normalized spacial score (nSPS) is 19.1. The minimum absolute atomic E-state index is 0.0646. The van der Waals surface area contributed by atoms with Crippen molar-refractivity contribution in [3.63, 3.8) is 0 Å². The van der Waals surface area contributed by atoms with E-state index >= 15 is 0 Å². The number of rotatable bonds is 6. The number of nitrogens with one attached hydrogen (secondary N) is 1. The number of carboxylic acids is 1. The van der Waals surface area contributed by atoms with Crippen molar-refractivity contribution in [3.05, 3.63) is 40.2 Å². The third-order valence-electron chi connectivity index (χ3n) is 6.09. The van der Waals surface area contributed by atoms with Crippen molar-refractivity contribution in [2.45, 2.75) is 71.1 Å². The third kappa shape index (κ3) is 5.51. The zero-order chi connectivity index (χ0) is 26.2. The Morgan fingerprint density at radius 1 is 1.31 bits per heavy atom. The number of carbonyl (C=O) groups excluding carboxylic acids is 1. The lowest BCUT2D eigenvalue weighted by Gasteiger charge is -2.27. The number of aliphatic carboxylic acids is 1. The average Bonchev–Trinajstić information content (AvgIpc) is 3.24. The fourth-order valence-electron chi connectivity index (χ4n) is 4.28. The molecular weight excluding hydrogens is 488 g/mol. The van der Waals surface area contributed by atoms with Gasteiger partial charge in [-0.1, -0.05) is 18.0 Å². The van der Waals surface area contributed by atoms with E-state index in [0.29, 0.717) is 30.0 Å². The molecule has 36 heavy (non-hydrogen) atoms. The molecule has 1 fully saturated rings. The second-order valence-electron chi connectivity index (χ2n) is 10.0. The van der Waals surface area contributed by atoms with Gasteiger partial charge in [0.2, 0.25) is 5.95 Å². The molecule has 12 heteroatoms. The molecule has 11 nitrogen and oxygen atoms in total. The maximum absolute atomic E-state index is 13.2. The number of esters is 1. The molecule has 3 atom stereocenters. The van der Waals surface area contributed by atoms with Gasteiger partial charge >= 0.3 is 11.9 Å². The molecule has 0 spiro atoms. The zero-order valence-electron chi connectivity index (χ0n) is 20.6. The Kier molecular flexibility index (Phi) is 7.03. The van der Waals surface area contributed by atoms with Gasteiger partial charge in [0.25, 0.3) is 5.56 Å². The summed E-state index contributed by atoms with van der Waals surface area (Å²) in [5, 5.41) is 17.1. The summed E-state index contributed by atoms with van der Waals surface area (Å²) in [7, 11) is 0. The van der Waals surface area contributed by atoms with Crippen LogP contribution in [0, 0.1) is 5.92 Å². The molecule has 1 aliphatic rings. The minimum atomic E-state index is -0.865. The molecule has 0 amide bonds. The Balaban J connectivity index is 1.61. The number of aromatic nitrogens is 5. The van der Waals surface area contributed by atoms with Gasteiger partial charge in [-0.25, -0.2) is 19.3 Å². The SMILES string of the molecule is CC(C(=O)OC(C)(C)C)n1cnn2cc(-c3nc(N[C@H]4CCC[C@@H](C(=O)O)C4)ncc3Cl)cc2c1=O. The van der Waals surface area contributed by atoms with Gasteiger partial charge in [0, 0.05) is 17.8 Å². The quantitative estimate of drug-likeness (QED) is 0.470. The largest absolute Gasteiger partial charge is 0.481 e. The third-order valence-corrected chi connectivity index (χ3v) is 6.37. The molecule has 4 rings (SSSR count). The van der Waals surface area contributed by atoms with E-state index in [2.05, 4.69) is 20.4 Å². The number of hydrogen-bond acceptors (Lipinski definition) is 8. The van der Waals surface area contributed by atoms with Crippen molar-refractivity contribution in [1.82, 2.24) is 24.1 Å². The number of hydrogen-bond donors (Lipinski definition) is 2. The lowest BCUT2D eigenvalue weighted by Crippen LogP contribution is -2.34. The Hall–Kier alpha value is -3.47. The summed E-state index contributed by atoms with van der Waals surface area (Å²) in [5.41, 5.74) is 0.0843. The van der Waals surface area contributed by atoms with Crippen LogP contribution in [0.3, 0.4) is 0 Å². The molecule has 0 radical (unpaired) electrons. The van der Waals surface area contributed by atoms with Crippen LogP contribution < -0.4 is 10.9 Å². The first-order valence-electron chi connectivity index (χ1n) is 11.8. The van der Waals surface area contributed by atoms with Gasteiger partial charge in [0.1, 0.15) is 23.5 Å². The molecule has 2 N–H and O–H groups in total. The van der Waals surface area contributed by atoms with Gasteiger partial charge < -0.3 is 15.2 Å². The predicted octanol–water partition coefficient (Wildman–Crippen LogP) is 3.56. The number of anilines is 1. The summed E-state index contributed by atoms with van der Waals surface area (Å²) >= 11 is 6.39.